The van der Waals surface area contributed by atoms with Gasteiger partial charge in [0.15, 0.2) is 6.61 Å². The molecular weight excluding hydrogens is 342 g/mol. The second-order valence-electron chi connectivity index (χ2n) is 5.79. The number of esters is 1. The van der Waals surface area contributed by atoms with Gasteiger partial charge in [-0.1, -0.05) is 48.5 Å². The minimum Gasteiger partial charge on any atom is -0.497 e. The average Bonchev–Trinajstić information content (AvgIpc) is 2.71. The number of anilines is 1. The largest absolute Gasteiger partial charge is 0.497 e. The molecule has 1 amide bonds. The van der Waals surface area contributed by atoms with Crippen molar-refractivity contribution in [3.05, 3.63) is 78.4 Å². The lowest BCUT2D eigenvalue weighted by atomic mass is 10.1. The summed E-state index contributed by atoms with van der Waals surface area (Å²) in [6, 6.07) is 20.6. The van der Waals surface area contributed by atoms with Crippen molar-refractivity contribution in [2.24, 2.45) is 0 Å². The van der Waals surface area contributed by atoms with Crippen LogP contribution in [0, 0.1) is 0 Å². The van der Waals surface area contributed by atoms with Crippen LogP contribution in [0.5, 0.6) is 5.75 Å². The van der Waals surface area contributed by atoms with Gasteiger partial charge in [-0.3, -0.25) is 4.79 Å². The molecule has 0 aliphatic rings. The first-order chi connectivity index (χ1) is 13.2. The number of amides is 1. The molecule has 0 bridgehead atoms. The summed E-state index contributed by atoms with van der Waals surface area (Å²) in [6.45, 7) is -0.357. The number of rotatable bonds is 6. The third kappa shape index (κ3) is 4.95. The van der Waals surface area contributed by atoms with Crippen molar-refractivity contribution in [3.8, 4) is 5.75 Å². The summed E-state index contributed by atoms with van der Waals surface area (Å²) in [7, 11) is 1.58. The van der Waals surface area contributed by atoms with E-state index in [1.807, 2.05) is 60.7 Å². The third-order valence-corrected chi connectivity index (χ3v) is 3.91. The summed E-state index contributed by atoms with van der Waals surface area (Å²) in [5.41, 5.74) is 1.48. The number of ether oxygens (including phenoxy) is 2. The number of benzene rings is 3. The highest BCUT2D eigenvalue weighted by Gasteiger charge is 2.08. The monoisotopic (exact) mass is 361 g/mol. The highest BCUT2D eigenvalue weighted by molar-refractivity contribution is 6.03. The zero-order valence-electron chi connectivity index (χ0n) is 14.8. The van der Waals surface area contributed by atoms with Gasteiger partial charge in [0.25, 0.3) is 5.91 Å². The Labute approximate surface area is 157 Å². The molecule has 5 nitrogen and oxygen atoms in total. The molecule has 0 aromatic heterocycles. The molecule has 0 saturated heterocycles. The Hall–Kier alpha value is -3.60. The number of hydrogen-bond donors (Lipinski definition) is 1. The fourth-order valence-corrected chi connectivity index (χ4v) is 2.61. The van der Waals surface area contributed by atoms with Gasteiger partial charge in [-0.15, -0.1) is 0 Å². The van der Waals surface area contributed by atoms with Crippen LogP contribution in [0.3, 0.4) is 0 Å². The SMILES string of the molecule is COc1cccc(C=CC(=O)OCC(=O)Nc2cccc3ccccc23)c1. The molecule has 0 aliphatic carbocycles. The molecule has 0 saturated carbocycles. The van der Waals surface area contributed by atoms with E-state index < -0.39 is 11.9 Å². The second-order valence-corrected chi connectivity index (χ2v) is 5.79. The molecule has 136 valence electrons. The molecule has 0 aliphatic heterocycles. The molecule has 0 fully saturated rings. The Balaban J connectivity index is 1.55. The molecule has 5 heteroatoms. The van der Waals surface area contributed by atoms with E-state index in [2.05, 4.69) is 5.32 Å². The number of fused-ring (bicyclic) bond motifs is 1. The maximum Gasteiger partial charge on any atom is 0.331 e. The van der Waals surface area contributed by atoms with Crippen molar-refractivity contribution in [1.29, 1.82) is 0 Å². The molecule has 3 aromatic rings. The van der Waals surface area contributed by atoms with E-state index in [9.17, 15) is 9.59 Å². The summed E-state index contributed by atoms with van der Waals surface area (Å²) in [5.74, 6) is -0.291. The lowest BCUT2D eigenvalue weighted by Gasteiger charge is -2.08. The first kappa shape index (κ1) is 18.2. The molecule has 0 heterocycles. The molecule has 0 atom stereocenters. The van der Waals surface area contributed by atoms with E-state index in [1.54, 1.807) is 19.3 Å². The van der Waals surface area contributed by atoms with Gasteiger partial charge in [0.05, 0.1) is 7.11 Å². The van der Waals surface area contributed by atoms with Crippen LogP contribution in [-0.4, -0.2) is 25.6 Å². The van der Waals surface area contributed by atoms with Gasteiger partial charge in [-0.2, -0.15) is 0 Å². The highest BCUT2D eigenvalue weighted by atomic mass is 16.5. The third-order valence-electron chi connectivity index (χ3n) is 3.91. The average molecular weight is 361 g/mol. The Bertz CT molecular complexity index is 989. The summed E-state index contributed by atoms with van der Waals surface area (Å²) in [5, 5.41) is 4.72. The molecule has 3 rings (SSSR count). The molecule has 0 radical (unpaired) electrons. The van der Waals surface area contributed by atoms with Gasteiger partial charge >= 0.3 is 5.97 Å². The van der Waals surface area contributed by atoms with Crippen molar-refractivity contribution in [3.63, 3.8) is 0 Å². The number of nitrogens with one attached hydrogen (secondary N) is 1. The van der Waals surface area contributed by atoms with Crippen LogP contribution in [0.25, 0.3) is 16.8 Å². The first-order valence-electron chi connectivity index (χ1n) is 8.42. The summed E-state index contributed by atoms with van der Waals surface area (Å²) in [6.07, 6.45) is 2.88. The Morgan fingerprint density at radius 3 is 2.63 bits per heavy atom. The van der Waals surface area contributed by atoms with E-state index in [0.29, 0.717) is 11.4 Å². The Morgan fingerprint density at radius 2 is 1.78 bits per heavy atom. The normalized spacial score (nSPS) is 10.7. The summed E-state index contributed by atoms with van der Waals surface area (Å²) in [4.78, 5) is 23.9. The van der Waals surface area contributed by atoms with Gasteiger partial charge in [0, 0.05) is 17.1 Å². The van der Waals surface area contributed by atoms with Gasteiger partial charge in [0.1, 0.15) is 5.75 Å². The van der Waals surface area contributed by atoms with E-state index in [1.165, 1.54) is 6.08 Å². The van der Waals surface area contributed by atoms with Crippen LogP contribution in [0.2, 0.25) is 0 Å². The smallest absolute Gasteiger partial charge is 0.331 e. The van der Waals surface area contributed by atoms with Gasteiger partial charge in [-0.05, 0) is 35.2 Å². The van der Waals surface area contributed by atoms with Crippen molar-refractivity contribution in [2.75, 3.05) is 19.0 Å². The first-order valence-corrected chi connectivity index (χ1v) is 8.42. The zero-order chi connectivity index (χ0) is 19.1. The predicted molar refractivity (Wildman–Crippen MR) is 106 cm³/mol. The van der Waals surface area contributed by atoms with Gasteiger partial charge in [0.2, 0.25) is 0 Å². The Morgan fingerprint density at radius 1 is 1.00 bits per heavy atom. The molecule has 0 unspecified atom stereocenters. The maximum atomic E-state index is 12.1. The highest BCUT2D eigenvalue weighted by Crippen LogP contribution is 2.22. The minimum absolute atomic E-state index is 0.357. The van der Waals surface area contributed by atoms with E-state index in [4.69, 9.17) is 9.47 Å². The predicted octanol–water partition coefficient (Wildman–Crippen LogP) is 4.04. The van der Waals surface area contributed by atoms with Gasteiger partial charge < -0.3 is 14.8 Å². The number of carbonyl (C=O) groups excluding carboxylic acids is 2. The molecule has 1 N–H and O–H groups in total. The number of hydrogen-bond acceptors (Lipinski definition) is 4. The quantitative estimate of drug-likeness (QED) is 0.531. The van der Waals surface area contributed by atoms with Gasteiger partial charge in [-0.25, -0.2) is 4.79 Å². The summed E-state index contributed by atoms with van der Waals surface area (Å²) < 4.78 is 10.1. The summed E-state index contributed by atoms with van der Waals surface area (Å²) >= 11 is 0. The van der Waals surface area contributed by atoms with Crippen molar-refractivity contribution in [2.45, 2.75) is 0 Å². The second kappa shape index (κ2) is 8.67. The zero-order valence-corrected chi connectivity index (χ0v) is 14.8. The molecular formula is C22H19NO4. The fraction of sp³-hybridized carbons (Fsp3) is 0.0909. The standard InChI is InChI=1S/C22H19NO4/c1-26-18-9-4-6-16(14-18)12-13-22(25)27-15-21(24)23-20-11-5-8-17-7-2-3-10-19(17)20/h2-14H,15H2,1H3,(H,23,24). The Kier molecular flexibility index (Phi) is 5.84. The van der Waals surface area contributed by atoms with Crippen LogP contribution in [0.1, 0.15) is 5.56 Å². The molecule has 3 aromatic carbocycles. The van der Waals surface area contributed by atoms with Crippen LogP contribution in [0.4, 0.5) is 5.69 Å². The number of methoxy groups -OCH3 is 1. The van der Waals surface area contributed by atoms with Crippen LogP contribution < -0.4 is 10.1 Å². The van der Waals surface area contributed by atoms with Crippen molar-refractivity contribution in [1.82, 2.24) is 0 Å². The van der Waals surface area contributed by atoms with Crippen LogP contribution in [-0.2, 0) is 14.3 Å². The van der Waals surface area contributed by atoms with E-state index >= 15 is 0 Å². The fourth-order valence-electron chi connectivity index (χ4n) is 2.61. The molecule has 0 spiro atoms. The van der Waals surface area contributed by atoms with Crippen molar-refractivity contribution >= 4 is 34.4 Å². The van der Waals surface area contributed by atoms with E-state index in [0.717, 1.165) is 16.3 Å². The maximum absolute atomic E-state index is 12.1. The van der Waals surface area contributed by atoms with Crippen LogP contribution in [0.15, 0.2) is 72.8 Å². The van der Waals surface area contributed by atoms with Crippen molar-refractivity contribution < 1.29 is 19.1 Å². The van der Waals surface area contributed by atoms with E-state index in [-0.39, 0.29) is 6.61 Å². The molecule has 27 heavy (non-hydrogen) atoms. The topological polar surface area (TPSA) is 64.6 Å². The number of carbonyl (C=O) groups is 2. The lowest BCUT2D eigenvalue weighted by molar-refractivity contribution is -0.142. The van der Waals surface area contributed by atoms with Crippen LogP contribution >= 0.6 is 0 Å². The minimum atomic E-state index is -0.592. The lowest BCUT2D eigenvalue weighted by Crippen LogP contribution is -2.20.